The Morgan fingerprint density at radius 3 is 2.27 bits per heavy atom. The van der Waals surface area contributed by atoms with Gasteiger partial charge in [-0.15, -0.1) is 0 Å². The molecule has 0 aliphatic heterocycles. The van der Waals surface area contributed by atoms with E-state index in [2.05, 4.69) is 10.6 Å². The molecule has 4 heteroatoms. The van der Waals surface area contributed by atoms with Gasteiger partial charge in [0.25, 0.3) is 0 Å². The van der Waals surface area contributed by atoms with Gasteiger partial charge < -0.3 is 10.6 Å². The van der Waals surface area contributed by atoms with E-state index in [9.17, 15) is 0 Å². The summed E-state index contributed by atoms with van der Waals surface area (Å²) < 4.78 is 0. The average Bonchev–Trinajstić information content (AvgIpc) is 2.40. The molecule has 1 aromatic carbocycles. The van der Waals surface area contributed by atoms with E-state index < -0.39 is 0 Å². The number of hydrogen-bond donors (Lipinski definition) is 2. The minimum Gasteiger partial charge on any atom is -0.357 e. The Morgan fingerprint density at radius 2 is 1.73 bits per heavy atom. The van der Waals surface area contributed by atoms with Gasteiger partial charge in [-0.3, -0.25) is 0 Å². The largest absolute Gasteiger partial charge is 0.357 e. The van der Waals surface area contributed by atoms with Crippen molar-refractivity contribution in [3.8, 4) is 0 Å². The second-order valence-corrected chi connectivity index (χ2v) is 8.56. The van der Waals surface area contributed by atoms with Crippen molar-refractivity contribution in [2.75, 3.05) is 5.32 Å². The van der Waals surface area contributed by atoms with Crippen LogP contribution >= 0.6 is 23.8 Å². The van der Waals surface area contributed by atoms with Gasteiger partial charge in [0.15, 0.2) is 5.11 Å². The van der Waals surface area contributed by atoms with Crippen LogP contribution in [-0.2, 0) is 0 Å². The maximum atomic E-state index is 6.19. The smallest absolute Gasteiger partial charge is 0.171 e. The van der Waals surface area contributed by atoms with Gasteiger partial charge in [0, 0.05) is 16.2 Å². The molecule has 2 nitrogen and oxygen atoms in total. The van der Waals surface area contributed by atoms with Crippen molar-refractivity contribution in [2.24, 2.45) is 17.8 Å². The predicted molar refractivity (Wildman–Crippen MR) is 96.4 cm³/mol. The molecule has 0 amide bonds. The van der Waals surface area contributed by atoms with Crippen LogP contribution < -0.4 is 10.6 Å². The van der Waals surface area contributed by atoms with Crippen LogP contribution in [0.4, 0.5) is 5.69 Å². The molecule has 4 fully saturated rings. The van der Waals surface area contributed by atoms with E-state index in [1.165, 1.54) is 38.5 Å². The topological polar surface area (TPSA) is 24.1 Å². The molecule has 22 heavy (non-hydrogen) atoms. The molecule has 0 spiro atoms. The molecule has 0 aromatic heterocycles. The predicted octanol–water partition coefficient (Wildman–Crippen LogP) is 4.90. The second-order valence-electron chi connectivity index (χ2n) is 7.74. The van der Waals surface area contributed by atoms with Crippen molar-refractivity contribution in [3.05, 3.63) is 28.8 Å². The Hall–Kier alpha value is -0.800. The van der Waals surface area contributed by atoms with Crippen molar-refractivity contribution in [1.29, 1.82) is 0 Å². The number of aryl methyl sites for hydroxylation is 1. The quantitative estimate of drug-likeness (QED) is 0.752. The Balaban J connectivity index is 1.44. The van der Waals surface area contributed by atoms with Gasteiger partial charge in [0.1, 0.15) is 0 Å². The molecule has 4 bridgehead atoms. The van der Waals surface area contributed by atoms with Crippen molar-refractivity contribution in [3.63, 3.8) is 0 Å². The Morgan fingerprint density at radius 1 is 1.14 bits per heavy atom. The van der Waals surface area contributed by atoms with Gasteiger partial charge in [-0.05, 0) is 93.1 Å². The number of hydrogen-bond acceptors (Lipinski definition) is 1. The molecule has 4 aliphatic rings. The van der Waals surface area contributed by atoms with E-state index in [4.69, 9.17) is 23.8 Å². The highest BCUT2D eigenvalue weighted by Gasteiger charge is 2.51. The van der Waals surface area contributed by atoms with Crippen LogP contribution in [0.5, 0.6) is 0 Å². The lowest BCUT2D eigenvalue weighted by atomic mass is 9.53. The van der Waals surface area contributed by atoms with Gasteiger partial charge in [-0.25, -0.2) is 0 Å². The molecule has 4 aliphatic carbocycles. The highest BCUT2D eigenvalue weighted by Crippen LogP contribution is 2.55. The SMILES string of the molecule is Cc1ccc(NC(=S)NC23CC4CC(CC(C4)C2)C3)cc1Cl. The number of nitrogens with one attached hydrogen (secondary N) is 2. The third kappa shape index (κ3) is 2.74. The first kappa shape index (κ1) is 14.8. The number of benzene rings is 1. The monoisotopic (exact) mass is 334 g/mol. The zero-order valence-corrected chi connectivity index (χ0v) is 14.6. The zero-order valence-electron chi connectivity index (χ0n) is 13.0. The minimum atomic E-state index is 0.257. The van der Waals surface area contributed by atoms with E-state index in [0.29, 0.717) is 0 Å². The molecule has 1 aromatic rings. The minimum absolute atomic E-state index is 0.257. The molecule has 0 radical (unpaired) electrons. The van der Waals surface area contributed by atoms with Crippen LogP contribution in [0, 0.1) is 24.7 Å². The van der Waals surface area contributed by atoms with E-state index in [-0.39, 0.29) is 5.54 Å². The van der Waals surface area contributed by atoms with Crippen molar-refractivity contribution < 1.29 is 0 Å². The summed E-state index contributed by atoms with van der Waals surface area (Å²) >= 11 is 11.8. The van der Waals surface area contributed by atoms with Crippen LogP contribution in [0.15, 0.2) is 18.2 Å². The third-order valence-corrected chi connectivity index (χ3v) is 6.46. The van der Waals surface area contributed by atoms with E-state index in [1.807, 2.05) is 25.1 Å². The van der Waals surface area contributed by atoms with Crippen LogP contribution in [-0.4, -0.2) is 10.7 Å². The van der Waals surface area contributed by atoms with Crippen molar-refractivity contribution in [1.82, 2.24) is 5.32 Å². The van der Waals surface area contributed by atoms with Crippen molar-refractivity contribution >= 4 is 34.6 Å². The molecule has 5 rings (SSSR count). The highest BCUT2D eigenvalue weighted by atomic mass is 35.5. The van der Waals surface area contributed by atoms with Crippen LogP contribution in [0.3, 0.4) is 0 Å². The average molecular weight is 335 g/mol. The summed E-state index contributed by atoms with van der Waals surface area (Å²) in [5.74, 6) is 2.78. The summed E-state index contributed by atoms with van der Waals surface area (Å²) in [5, 5.41) is 8.54. The standard InChI is InChI=1S/C18H23ClN2S/c1-11-2-3-15(7-16(11)19)20-17(22)21-18-8-12-4-13(9-18)6-14(5-12)10-18/h2-3,7,12-14H,4-6,8-10H2,1H3,(H2,20,21,22). The lowest BCUT2D eigenvalue weighted by Gasteiger charge is -2.57. The number of halogens is 1. The number of anilines is 1. The van der Waals surface area contributed by atoms with Gasteiger partial charge in [0.2, 0.25) is 0 Å². The normalized spacial score (nSPS) is 35.5. The first-order valence-electron chi connectivity index (χ1n) is 8.37. The fourth-order valence-corrected chi connectivity index (χ4v) is 5.85. The summed E-state index contributed by atoms with van der Waals surface area (Å²) in [6.07, 6.45) is 8.26. The number of rotatable bonds is 2. The van der Waals surface area contributed by atoms with Gasteiger partial charge >= 0.3 is 0 Å². The van der Waals surface area contributed by atoms with Crippen LogP contribution in [0.25, 0.3) is 0 Å². The zero-order chi connectivity index (χ0) is 15.3. The van der Waals surface area contributed by atoms with E-state index in [1.54, 1.807) is 0 Å². The molecule has 2 N–H and O–H groups in total. The summed E-state index contributed by atoms with van der Waals surface area (Å²) in [4.78, 5) is 0. The molecule has 0 atom stereocenters. The van der Waals surface area contributed by atoms with Gasteiger partial charge in [0.05, 0.1) is 0 Å². The maximum absolute atomic E-state index is 6.19. The Bertz CT molecular complexity index is 578. The molecular weight excluding hydrogens is 312 g/mol. The lowest BCUT2D eigenvalue weighted by Crippen LogP contribution is -2.60. The second kappa shape index (κ2) is 5.38. The fourth-order valence-electron chi connectivity index (χ4n) is 5.34. The van der Waals surface area contributed by atoms with Crippen LogP contribution in [0.1, 0.15) is 44.1 Å². The Kier molecular flexibility index (Phi) is 3.61. The molecule has 0 unspecified atom stereocenters. The lowest BCUT2D eigenvalue weighted by molar-refractivity contribution is -0.00972. The number of thiocarbonyl (C=S) groups is 1. The van der Waals surface area contributed by atoms with E-state index in [0.717, 1.165) is 39.1 Å². The van der Waals surface area contributed by atoms with Gasteiger partial charge in [-0.2, -0.15) is 0 Å². The maximum Gasteiger partial charge on any atom is 0.171 e. The van der Waals surface area contributed by atoms with Crippen molar-refractivity contribution in [2.45, 2.75) is 51.0 Å². The summed E-state index contributed by atoms with van der Waals surface area (Å²) in [6, 6.07) is 6.01. The highest BCUT2D eigenvalue weighted by molar-refractivity contribution is 7.80. The van der Waals surface area contributed by atoms with E-state index >= 15 is 0 Å². The first-order valence-corrected chi connectivity index (χ1v) is 9.15. The van der Waals surface area contributed by atoms with Crippen LogP contribution in [0.2, 0.25) is 5.02 Å². The Labute approximate surface area is 143 Å². The molecule has 4 saturated carbocycles. The molecule has 0 saturated heterocycles. The third-order valence-electron chi connectivity index (χ3n) is 5.85. The molecular formula is C18H23ClN2S. The molecule has 118 valence electrons. The summed E-state index contributed by atoms with van der Waals surface area (Å²) in [6.45, 7) is 2.01. The molecule has 0 heterocycles. The van der Waals surface area contributed by atoms with Gasteiger partial charge in [-0.1, -0.05) is 17.7 Å². The fraction of sp³-hybridized carbons (Fsp3) is 0.611. The first-order chi connectivity index (χ1) is 10.5. The summed E-state index contributed by atoms with van der Waals surface area (Å²) in [5.41, 5.74) is 2.32. The summed E-state index contributed by atoms with van der Waals surface area (Å²) in [7, 11) is 0.